The molecule has 3 aromatic rings. The van der Waals surface area contributed by atoms with Crippen molar-refractivity contribution in [3.8, 4) is 5.75 Å². The van der Waals surface area contributed by atoms with Crippen LogP contribution in [-0.4, -0.2) is 45.3 Å². The molecule has 0 bridgehead atoms. The minimum absolute atomic E-state index is 0.108. The fraction of sp³-hybridized carbons (Fsp3) is 0.458. The molecular formula is C24H30N4O2. The molecule has 2 aromatic heterocycles. The normalized spacial score (nSPS) is 16.8. The minimum atomic E-state index is 0.108. The van der Waals surface area contributed by atoms with Crippen molar-refractivity contribution in [1.82, 2.24) is 19.7 Å². The van der Waals surface area contributed by atoms with Crippen LogP contribution in [0.2, 0.25) is 0 Å². The summed E-state index contributed by atoms with van der Waals surface area (Å²) in [6.45, 7) is 4.70. The highest BCUT2D eigenvalue weighted by Crippen LogP contribution is 2.28. The van der Waals surface area contributed by atoms with E-state index in [-0.39, 0.29) is 11.9 Å². The zero-order chi connectivity index (χ0) is 21.3. The molecule has 0 saturated carbocycles. The van der Waals surface area contributed by atoms with E-state index in [4.69, 9.17) is 4.74 Å². The topological polar surface area (TPSA) is 60.2 Å². The largest absolute Gasteiger partial charge is 0.497 e. The first kappa shape index (κ1) is 20.4. The van der Waals surface area contributed by atoms with E-state index in [1.165, 1.54) is 12.0 Å². The van der Waals surface area contributed by atoms with E-state index >= 15 is 0 Å². The lowest BCUT2D eigenvalue weighted by Crippen LogP contribution is -2.44. The number of amides is 1. The maximum Gasteiger partial charge on any atom is 0.254 e. The number of aryl methyl sites for hydroxylation is 4. The number of methoxy groups -OCH3 is 1. The summed E-state index contributed by atoms with van der Waals surface area (Å²) in [5, 5.41) is 5.38. The summed E-state index contributed by atoms with van der Waals surface area (Å²) in [5.41, 5.74) is 4.46. The molecule has 6 heteroatoms. The first-order valence-corrected chi connectivity index (χ1v) is 10.7. The third-order valence-corrected chi connectivity index (χ3v) is 6.12. The Hall–Kier alpha value is -2.89. The Labute approximate surface area is 177 Å². The maximum absolute atomic E-state index is 13.7. The van der Waals surface area contributed by atoms with Gasteiger partial charge in [0, 0.05) is 25.3 Å². The molecule has 0 radical (unpaired) electrons. The van der Waals surface area contributed by atoms with E-state index in [2.05, 4.69) is 27.1 Å². The van der Waals surface area contributed by atoms with E-state index in [0.29, 0.717) is 0 Å². The molecule has 0 spiro atoms. The molecular weight excluding hydrogens is 376 g/mol. The number of benzene rings is 1. The number of hydrogen-bond donors (Lipinski definition) is 0. The van der Waals surface area contributed by atoms with Crippen LogP contribution in [0.25, 0.3) is 11.0 Å². The smallest absolute Gasteiger partial charge is 0.254 e. The predicted molar refractivity (Wildman–Crippen MR) is 118 cm³/mol. The van der Waals surface area contributed by atoms with Crippen molar-refractivity contribution in [3.05, 3.63) is 52.8 Å². The predicted octanol–water partition coefficient (Wildman–Crippen LogP) is 4.22. The molecule has 1 saturated heterocycles. The molecule has 30 heavy (non-hydrogen) atoms. The van der Waals surface area contributed by atoms with Gasteiger partial charge in [0.2, 0.25) is 0 Å². The first-order chi connectivity index (χ1) is 14.5. The number of fused-ring (bicyclic) bond motifs is 1. The van der Waals surface area contributed by atoms with Crippen molar-refractivity contribution >= 4 is 16.9 Å². The lowest BCUT2D eigenvalue weighted by Gasteiger charge is -2.36. The highest BCUT2D eigenvalue weighted by atomic mass is 16.5. The molecule has 3 heterocycles. The second-order valence-corrected chi connectivity index (χ2v) is 8.26. The van der Waals surface area contributed by atoms with Crippen molar-refractivity contribution < 1.29 is 9.53 Å². The van der Waals surface area contributed by atoms with Gasteiger partial charge in [-0.05, 0) is 69.7 Å². The highest BCUT2D eigenvalue weighted by Gasteiger charge is 2.29. The Balaban J connectivity index is 1.60. The molecule has 1 fully saturated rings. The number of likely N-dealkylation sites (tertiary alicyclic amines) is 1. The van der Waals surface area contributed by atoms with Crippen LogP contribution in [0.4, 0.5) is 0 Å². The first-order valence-electron chi connectivity index (χ1n) is 10.7. The number of carbonyl (C=O) groups excluding carboxylic acids is 1. The zero-order valence-corrected chi connectivity index (χ0v) is 18.3. The van der Waals surface area contributed by atoms with Crippen LogP contribution < -0.4 is 4.74 Å². The number of carbonyl (C=O) groups is 1. The van der Waals surface area contributed by atoms with E-state index < -0.39 is 0 Å². The van der Waals surface area contributed by atoms with Crippen molar-refractivity contribution in [1.29, 1.82) is 0 Å². The Kier molecular flexibility index (Phi) is 5.75. The summed E-state index contributed by atoms with van der Waals surface area (Å²) in [5.74, 6) is 0.989. The summed E-state index contributed by atoms with van der Waals surface area (Å²) in [6, 6.07) is 10.4. The van der Waals surface area contributed by atoms with Crippen molar-refractivity contribution in [2.24, 2.45) is 7.05 Å². The Morgan fingerprint density at radius 2 is 2.07 bits per heavy atom. The SMILES string of the molecule is COc1cccc(CC[C@@H]2CCCCN2C(=O)c2cc(C)nc3c2c(C)nn3C)c1. The fourth-order valence-corrected chi connectivity index (χ4v) is 4.62. The lowest BCUT2D eigenvalue weighted by atomic mass is 9.94. The van der Waals surface area contributed by atoms with Crippen LogP contribution in [0.5, 0.6) is 5.75 Å². The van der Waals surface area contributed by atoms with Gasteiger partial charge in [0.1, 0.15) is 5.75 Å². The third-order valence-electron chi connectivity index (χ3n) is 6.12. The Morgan fingerprint density at radius 3 is 2.87 bits per heavy atom. The second kappa shape index (κ2) is 8.46. The second-order valence-electron chi connectivity index (χ2n) is 8.26. The van der Waals surface area contributed by atoms with E-state index in [0.717, 1.165) is 66.0 Å². The van der Waals surface area contributed by atoms with Crippen LogP contribution in [0, 0.1) is 13.8 Å². The summed E-state index contributed by atoms with van der Waals surface area (Å²) in [4.78, 5) is 20.4. The summed E-state index contributed by atoms with van der Waals surface area (Å²) in [7, 11) is 3.58. The van der Waals surface area contributed by atoms with Gasteiger partial charge in [0.25, 0.3) is 5.91 Å². The van der Waals surface area contributed by atoms with Gasteiger partial charge < -0.3 is 9.64 Å². The average molecular weight is 407 g/mol. The molecule has 1 amide bonds. The molecule has 0 unspecified atom stereocenters. The van der Waals surface area contributed by atoms with Crippen LogP contribution in [0.15, 0.2) is 30.3 Å². The number of ether oxygens (including phenoxy) is 1. The standard InChI is InChI=1S/C24H30N4O2/c1-16-14-21(22-17(2)26-27(3)23(22)25-16)24(29)28-13-6-5-9-19(28)12-11-18-8-7-10-20(15-18)30-4/h7-8,10,14-15,19H,5-6,9,11-13H2,1-4H3/t19-/m0/s1. The summed E-state index contributed by atoms with van der Waals surface area (Å²) in [6.07, 6.45) is 5.17. The van der Waals surface area contributed by atoms with E-state index in [1.807, 2.05) is 39.1 Å². The molecule has 1 aromatic carbocycles. The van der Waals surface area contributed by atoms with E-state index in [1.54, 1.807) is 11.8 Å². The molecule has 0 aliphatic carbocycles. The number of pyridine rings is 1. The summed E-state index contributed by atoms with van der Waals surface area (Å²) < 4.78 is 7.12. The number of hydrogen-bond acceptors (Lipinski definition) is 4. The molecule has 1 aliphatic heterocycles. The van der Waals surface area contributed by atoms with Gasteiger partial charge in [0.15, 0.2) is 5.65 Å². The fourth-order valence-electron chi connectivity index (χ4n) is 4.62. The van der Waals surface area contributed by atoms with Crippen molar-refractivity contribution in [2.75, 3.05) is 13.7 Å². The van der Waals surface area contributed by atoms with Gasteiger partial charge >= 0.3 is 0 Å². The molecule has 0 N–H and O–H groups in total. The number of rotatable bonds is 5. The van der Waals surface area contributed by atoms with Crippen LogP contribution in [0.3, 0.4) is 0 Å². The number of piperidine rings is 1. The van der Waals surface area contributed by atoms with E-state index in [9.17, 15) is 4.79 Å². The van der Waals surface area contributed by atoms with Gasteiger partial charge in [-0.15, -0.1) is 0 Å². The summed E-state index contributed by atoms with van der Waals surface area (Å²) >= 11 is 0. The molecule has 158 valence electrons. The van der Waals surface area contributed by atoms with Gasteiger partial charge in [0.05, 0.1) is 23.8 Å². The Morgan fingerprint density at radius 1 is 1.23 bits per heavy atom. The number of nitrogens with zero attached hydrogens (tertiary/aromatic N) is 4. The van der Waals surface area contributed by atoms with Gasteiger partial charge in [-0.3, -0.25) is 9.48 Å². The molecule has 1 aliphatic rings. The van der Waals surface area contributed by atoms with Crippen LogP contribution in [0.1, 0.15) is 53.0 Å². The van der Waals surface area contributed by atoms with Gasteiger partial charge in [-0.25, -0.2) is 4.98 Å². The minimum Gasteiger partial charge on any atom is -0.497 e. The average Bonchev–Trinajstić information content (AvgIpc) is 3.04. The van der Waals surface area contributed by atoms with Gasteiger partial charge in [-0.2, -0.15) is 5.10 Å². The van der Waals surface area contributed by atoms with Gasteiger partial charge in [-0.1, -0.05) is 12.1 Å². The third kappa shape index (κ3) is 3.91. The molecule has 1 atom stereocenters. The molecule has 6 nitrogen and oxygen atoms in total. The van der Waals surface area contributed by atoms with Crippen LogP contribution >= 0.6 is 0 Å². The van der Waals surface area contributed by atoms with Crippen LogP contribution in [-0.2, 0) is 13.5 Å². The van der Waals surface area contributed by atoms with Crippen molar-refractivity contribution in [2.45, 2.75) is 52.0 Å². The number of aromatic nitrogens is 3. The monoisotopic (exact) mass is 406 g/mol. The zero-order valence-electron chi connectivity index (χ0n) is 18.3. The lowest BCUT2D eigenvalue weighted by molar-refractivity contribution is 0.0603. The van der Waals surface area contributed by atoms with Crippen molar-refractivity contribution in [3.63, 3.8) is 0 Å². The maximum atomic E-state index is 13.7. The quantitative estimate of drug-likeness (QED) is 0.636. The highest BCUT2D eigenvalue weighted by molar-refractivity contribution is 6.06. The Bertz CT molecular complexity index is 1070. The molecule has 4 rings (SSSR count).